The smallest absolute Gasteiger partial charge is 0.406 e. The predicted octanol–water partition coefficient (Wildman–Crippen LogP) is 5.54. The topological polar surface area (TPSA) is 98.0 Å². The predicted molar refractivity (Wildman–Crippen MR) is 145 cm³/mol. The van der Waals surface area contributed by atoms with Crippen molar-refractivity contribution in [2.24, 2.45) is 0 Å². The Hall–Kier alpha value is -5.01. The summed E-state index contributed by atoms with van der Waals surface area (Å²) in [6.45, 7) is 2.04. The van der Waals surface area contributed by atoms with Crippen molar-refractivity contribution in [2.45, 2.75) is 32.2 Å². The number of nitrogens with one attached hydrogen (secondary N) is 1. The molecule has 1 aliphatic heterocycles. The molecule has 0 unspecified atom stereocenters. The Morgan fingerprint density at radius 2 is 1.84 bits per heavy atom. The van der Waals surface area contributed by atoms with Crippen LogP contribution in [-0.2, 0) is 0 Å². The molecule has 222 valence electrons. The van der Waals surface area contributed by atoms with Crippen LogP contribution in [0.1, 0.15) is 34.9 Å². The summed E-state index contributed by atoms with van der Waals surface area (Å²) in [5.41, 5.74) is 1.52. The first-order chi connectivity index (χ1) is 20.5. The third-order valence-corrected chi connectivity index (χ3v) is 7.40. The zero-order chi connectivity index (χ0) is 30.5. The van der Waals surface area contributed by atoms with Crippen molar-refractivity contribution in [2.75, 3.05) is 13.1 Å². The van der Waals surface area contributed by atoms with Crippen LogP contribution in [0.25, 0.3) is 28.0 Å². The number of likely N-dealkylation sites (tertiary alicyclic amines) is 1. The van der Waals surface area contributed by atoms with Gasteiger partial charge in [0.15, 0.2) is 17.3 Å². The van der Waals surface area contributed by atoms with Crippen molar-refractivity contribution in [3.8, 4) is 22.7 Å². The van der Waals surface area contributed by atoms with Gasteiger partial charge in [-0.05, 0) is 73.9 Å². The van der Waals surface area contributed by atoms with Crippen LogP contribution in [0, 0.1) is 18.6 Å². The molecule has 43 heavy (non-hydrogen) atoms. The lowest BCUT2D eigenvalue weighted by molar-refractivity contribution is -0.274. The maximum absolute atomic E-state index is 14.6. The second-order valence-electron chi connectivity index (χ2n) is 10.1. The van der Waals surface area contributed by atoms with Crippen LogP contribution in [0.5, 0.6) is 5.75 Å². The molecule has 3 aromatic heterocycles. The van der Waals surface area contributed by atoms with Gasteiger partial charge in [-0.1, -0.05) is 0 Å². The fraction of sp³-hybridized carbons (Fsp3) is 0.241. The van der Waals surface area contributed by atoms with Gasteiger partial charge in [-0.15, -0.1) is 13.2 Å². The van der Waals surface area contributed by atoms with E-state index in [1.54, 1.807) is 42.4 Å². The Balaban J connectivity index is 1.28. The maximum Gasteiger partial charge on any atom is 0.573 e. The number of aromatic nitrogens is 5. The summed E-state index contributed by atoms with van der Waals surface area (Å²) in [7, 11) is 0. The number of aromatic amines is 1. The Kier molecular flexibility index (Phi) is 6.98. The molecular weight excluding hydrogens is 575 g/mol. The Bertz CT molecular complexity index is 1890. The minimum Gasteiger partial charge on any atom is -0.406 e. The molecule has 2 aromatic carbocycles. The quantitative estimate of drug-likeness (QED) is 0.268. The molecule has 0 saturated carbocycles. The van der Waals surface area contributed by atoms with E-state index in [2.05, 4.69) is 19.8 Å². The van der Waals surface area contributed by atoms with Gasteiger partial charge in [-0.2, -0.15) is 5.10 Å². The van der Waals surface area contributed by atoms with Gasteiger partial charge in [0.05, 0.1) is 16.9 Å². The fourth-order valence-electron chi connectivity index (χ4n) is 5.44. The van der Waals surface area contributed by atoms with E-state index in [1.165, 1.54) is 27.4 Å². The average molecular weight is 599 g/mol. The first-order valence-electron chi connectivity index (χ1n) is 13.2. The summed E-state index contributed by atoms with van der Waals surface area (Å²) in [5, 5.41) is 4.53. The number of alkyl halides is 3. The number of carbonyl (C=O) groups is 1. The van der Waals surface area contributed by atoms with Crippen molar-refractivity contribution in [3.05, 3.63) is 94.3 Å². The van der Waals surface area contributed by atoms with E-state index in [4.69, 9.17) is 0 Å². The molecule has 1 saturated heterocycles. The highest BCUT2D eigenvalue weighted by molar-refractivity contribution is 5.93. The number of pyridine rings is 1. The number of imidazole rings is 1. The maximum atomic E-state index is 14.6. The largest absolute Gasteiger partial charge is 0.573 e. The SMILES string of the molecule is Cc1cc(OC(F)(F)F)ccc1-n1nc(C(=O)N2CCC(n3c(=O)[nH]c4ccc(F)c(F)c43)CC2)cc1-c1cccnc1. The Labute approximate surface area is 240 Å². The number of rotatable bonds is 5. The van der Waals surface area contributed by atoms with Gasteiger partial charge in [0.2, 0.25) is 0 Å². The number of hydrogen-bond acceptors (Lipinski definition) is 5. The number of carbonyl (C=O) groups excluding carboxylic acids is 1. The minimum atomic E-state index is -4.85. The van der Waals surface area contributed by atoms with E-state index in [9.17, 15) is 31.5 Å². The molecule has 0 bridgehead atoms. The van der Waals surface area contributed by atoms with E-state index in [0.717, 1.165) is 12.1 Å². The van der Waals surface area contributed by atoms with Crippen LogP contribution in [-0.4, -0.2) is 54.6 Å². The third kappa shape index (κ3) is 5.35. The first kappa shape index (κ1) is 28.1. The van der Waals surface area contributed by atoms with Crippen LogP contribution in [0.3, 0.4) is 0 Å². The standard InChI is InChI=1S/C29H23F5N6O3/c1-16-13-19(43-29(32,33)34)4-7-23(16)40-24(17-3-2-10-35-15-17)14-22(37-40)27(41)38-11-8-18(9-12-38)39-26-21(36-28(39)42)6-5-20(30)25(26)31/h2-7,10,13-15,18H,8-9,11-12H2,1H3,(H,36,42). The van der Waals surface area contributed by atoms with Crippen LogP contribution >= 0.6 is 0 Å². The fourth-order valence-corrected chi connectivity index (χ4v) is 5.44. The molecular formula is C29H23F5N6O3. The van der Waals surface area contributed by atoms with Gasteiger partial charge in [0.25, 0.3) is 5.91 Å². The highest BCUT2D eigenvalue weighted by atomic mass is 19.4. The molecule has 6 rings (SSSR count). The van der Waals surface area contributed by atoms with Gasteiger partial charge >= 0.3 is 12.1 Å². The molecule has 1 N–H and O–H groups in total. The van der Waals surface area contributed by atoms with E-state index >= 15 is 0 Å². The van der Waals surface area contributed by atoms with Gasteiger partial charge < -0.3 is 14.6 Å². The molecule has 1 fully saturated rings. The molecule has 0 atom stereocenters. The van der Waals surface area contributed by atoms with Crippen molar-refractivity contribution in [1.29, 1.82) is 0 Å². The van der Waals surface area contributed by atoms with Crippen LogP contribution in [0.4, 0.5) is 22.0 Å². The number of amides is 1. The number of ether oxygens (including phenoxy) is 1. The molecule has 5 aromatic rings. The molecule has 14 heteroatoms. The van der Waals surface area contributed by atoms with E-state index in [1.807, 2.05) is 0 Å². The van der Waals surface area contributed by atoms with Gasteiger partial charge in [-0.25, -0.2) is 18.3 Å². The lowest BCUT2D eigenvalue weighted by Gasteiger charge is -2.32. The Morgan fingerprint density at radius 1 is 1.07 bits per heavy atom. The van der Waals surface area contributed by atoms with Crippen molar-refractivity contribution < 1.29 is 31.5 Å². The molecule has 0 radical (unpaired) electrons. The number of halogens is 5. The second-order valence-corrected chi connectivity index (χ2v) is 10.1. The number of nitrogens with zero attached hydrogens (tertiary/aromatic N) is 5. The minimum absolute atomic E-state index is 0.0877. The molecule has 9 nitrogen and oxygen atoms in total. The first-order valence-corrected chi connectivity index (χ1v) is 13.2. The van der Waals surface area contributed by atoms with Gasteiger partial charge in [-0.3, -0.25) is 14.3 Å². The molecule has 4 heterocycles. The molecule has 0 spiro atoms. The van der Waals surface area contributed by atoms with Gasteiger partial charge in [0, 0.05) is 37.1 Å². The molecule has 1 amide bonds. The Morgan fingerprint density at radius 3 is 2.51 bits per heavy atom. The third-order valence-electron chi connectivity index (χ3n) is 7.40. The average Bonchev–Trinajstić information content (AvgIpc) is 3.56. The zero-order valence-electron chi connectivity index (χ0n) is 22.5. The van der Waals surface area contributed by atoms with Gasteiger partial charge in [0.1, 0.15) is 11.3 Å². The monoisotopic (exact) mass is 598 g/mol. The number of fused-ring (bicyclic) bond motifs is 1. The second kappa shape index (κ2) is 10.7. The lowest BCUT2D eigenvalue weighted by atomic mass is 10.0. The van der Waals surface area contributed by atoms with E-state index in [-0.39, 0.29) is 35.6 Å². The van der Waals surface area contributed by atoms with Crippen LogP contribution < -0.4 is 10.4 Å². The van der Waals surface area contributed by atoms with Crippen LogP contribution in [0.15, 0.2) is 65.7 Å². The number of hydrogen-bond donors (Lipinski definition) is 1. The van der Waals surface area contributed by atoms with Crippen molar-refractivity contribution in [3.63, 3.8) is 0 Å². The van der Waals surface area contributed by atoms with Crippen molar-refractivity contribution in [1.82, 2.24) is 29.2 Å². The summed E-state index contributed by atoms with van der Waals surface area (Å²) in [6.07, 6.45) is -1.08. The highest BCUT2D eigenvalue weighted by Gasteiger charge is 2.32. The van der Waals surface area contributed by atoms with E-state index < -0.39 is 35.6 Å². The summed E-state index contributed by atoms with van der Waals surface area (Å²) >= 11 is 0. The number of H-pyrrole nitrogens is 1. The molecule has 0 aliphatic carbocycles. The summed E-state index contributed by atoms with van der Waals surface area (Å²) in [4.78, 5) is 34.5. The summed E-state index contributed by atoms with van der Waals surface area (Å²) < 4.78 is 73.4. The summed E-state index contributed by atoms with van der Waals surface area (Å²) in [5.74, 6) is -2.97. The van der Waals surface area contributed by atoms with Crippen molar-refractivity contribution >= 4 is 16.9 Å². The normalized spacial score (nSPS) is 14.4. The number of benzene rings is 2. The number of aryl methyl sites for hydroxylation is 1. The highest BCUT2D eigenvalue weighted by Crippen LogP contribution is 2.31. The van der Waals surface area contributed by atoms with Crippen LogP contribution in [0.2, 0.25) is 0 Å². The number of piperidine rings is 1. The zero-order valence-corrected chi connectivity index (χ0v) is 22.5. The molecule has 1 aliphatic rings. The summed E-state index contributed by atoms with van der Waals surface area (Å²) in [6, 6.07) is 10.6. The lowest BCUT2D eigenvalue weighted by Crippen LogP contribution is -2.40. The van der Waals surface area contributed by atoms with E-state index in [0.29, 0.717) is 35.3 Å².